The number of nitrogens with one attached hydrogen (secondary N) is 1. The van der Waals surface area contributed by atoms with Crippen molar-refractivity contribution in [1.29, 1.82) is 0 Å². The number of hydrogen-bond acceptors (Lipinski definition) is 6. The predicted molar refractivity (Wildman–Crippen MR) is 65.6 cm³/mol. The summed E-state index contributed by atoms with van der Waals surface area (Å²) >= 11 is 0. The maximum atomic E-state index is 5.46. The van der Waals surface area contributed by atoms with Crippen molar-refractivity contribution < 1.29 is 9.47 Å². The number of ether oxygens (including phenoxy) is 2. The summed E-state index contributed by atoms with van der Waals surface area (Å²) < 4.78 is 10.4. The summed E-state index contributed by atoms with van der Waals surface area (Å²) in [6.07, 6.45) is 4.61. The highest BCUT2D eigenvalue weighted by Crippen LogP contribution is 2.12. The highest BCUT2D eigenvalue weighted by Gasteiger charge is 2.06. The Balaban J connectivity index is 2.46. The van der Waals surface area contributed by atoms with Gasteiger partial charge in [0, 0.05) is 7.05 Å². The molecule has 0 fully saturated rings. The summed E-state index contributed by atoms with van der Waals surface area (Å²) in [5.41, 5.74) is 0. The first kappa shape index (κ1) is 13.5. The van der Waals surface area contributed by atoms with Crippen LogP contribution in [-0.4, -0.2) is 35.7 Å². The fourth-order valence-electron chi connectivity index (χ4n) is 1.30. The van der Waals surface area contributed by atoms with Crippen LogP contribution >= 0.6 is 0 Å². The van der Waals surface area contributed by atoms with Gasteiger partial charge in [0.1, 0.15) is 0 Å². The second-order valence-electron chi connectivity index (χ2n) is 3.59. The zero-order valence-corrected chi connectivity index (χ0v) is 10.7. The second-order valence-corrected chi connectivity index (χ2v) is 3.59. The molecule has 1 aromatic heterocycles. The summed E-state index contributed by atoms with van der Waals surface area (Å²) in [7, 11) is 3.25. The SMILES string of the molecule is CCCCCCOc1nc(NC)nc(OC)n1. The Labute approximate surface area is 102 Å². The molecule has 0 atom stereocenters. The highest BCUT2D eigenvalue weighted by molar-refractivity contribution is 5.26. The molecule has 1 aromatic rings. The van der Waals surface area contributed by atoms with Crippen LogP contribution in [0.1, 0.15) is 32.6 Å². The smallest absolute Gasteiger partial charge is 0.324 e. The van der Waals surface area contributed by atoms with Gasteiger partial charge < -0.3 is 14.8 Å². The Hall–Kier alpha value is -1.59. The van der Waals surface area contributed by atoms with E-state index in [1.165, 1.54) is 20.0 Å². The third-order valence-corrected chi connectivity index (χ3v) is 2.23. The number of nitrogens with zero attached hydrogens (tertiary/aromatic N) is 3. The second kappa shape index (κ2) is 7.65. The van der Waals surface area contributed by atoms with E-state index in [4.69, 9.17) is 9.47 Å². The van der Waals surface area contributed by atoms with Crippen molar-refractivity contribution in [3.63, 3.8) is 0 Å². The molecule has 6 nitrogen and oxygen atoms in total. The van der Waals surface area contributed by atoms with Crippen LogP contribution in [0.4, 0.5) is 5.95 Å². The molecule has 0 saturated carbocycles. The standard InChI is InChI=1S/C11H20N4O2/c1-4-5-6-7-8-17-11-14-9(12-2)13-10(15-11)16-3/h4-8H2,1-3H3,(H,12,13,14,15). The molecule has 1 rings (SSSR count). The van der Waals surface area contributed by atoms with Crippen molar-refractivity contribution in [1.82, 2.24) is 15.0 Å². The molecule has 0 aliphatic rings. The van der Waals surface area contributed by atoms with Crippen LogP contribution in [0.5, 0.6) is 12.0 Å². The lowest BCUT2D eigenvalue weighted by Gasteiger charge is -2.06. The molecule has 1 N–H and O–H groups in total. The first-order valence-corrected chi connectivity index (χ1v) is 5.90. The Morgan fingerprint density at radius 2 is 1.82 bits per heavy atom. The number of aromatic nitrogens is 3. The van der Waals surface area contributed by atoms with E-state index in [0.717, 1.165) is 12.8 Å². The topological polar surface area (TPSA) is 69.2 Å². The van der Waals surface area contributed by atoms with Crippen molar-refractivity contribution in [3.05, 3.63) is 0 Å². The molecule has 0 aromatic carbocycles. The summed E-state index contributed by atoms with van der Waals surface area (Å²) in [5, 5.41) is 2.83. The van der Waals surface area contributed by atoms with Gasteiger partial charge >= 0.3 is 12.0 Å². The van der Waals surface area contributed by atoms with Crippen molar-refractivity contribution in [3.8, 4) is 12.0 Å². The average molecular weight is 240 g/mol. The number of anilines is 1. The normalized spacial score (nSPS) is 10.1. The van der Waals surface area contributed by atoms with Gasteiger partial charge in [-0.25, -0.2) is 0 Å². The maximum absolute atomic E-state index is 5.46. The molecular formula is C11H20N4O2. The van der Waals surface area contributed by atoms with Crippen LogP contribution in [0, 0.1) is 0 Å². The maximum Gasteiger partial charge on any atom is 0.324 e. The number of unbranched alkanes of at least 4 members (excludes halogenated alkanes) is 3. The monoisotopic (exact) mass is 240 g/mol. The first-order valence-electron chi connectivity index (χ1n) is 5.90. The molecule has 0 unspecified atom stereocenters. The molecule has 6 heteroatoms. The van der Waals surface area contributed by atoms with E-state index in [1.54, 1.807) is 7.05 Å². The van der Waals surface area contributed by atoms with Gasteiger partial charge in [-0.1, -0.05) is 26.2 Å². The van der Waals surface area contributed by atoms with Gasteiger partial charge in [-0.15, -0.1) is 4.98 Å². The van der Waals surface area contributed by atoms with Crippen molar-refractivity contribution >= 4 is 5.95 Å². The molecular weight excluding hydrogens is 220 g/mol. The Morgan fingerprint density at radius 1 is 1.06 bits per heavy atom. The lowest BCUT2D eigenvalue weighted by molar-refractivity contribution is 0.272. The largest absolute Gasteiger partial charge is 0.467 e. The Bertz CT molecular complexity index is 311. The van der Waals surface area contributed by atoms with Crippen LogP contribution in [0.15, 0.2) is 0 Å². The van der Waals surface area contributed by atoms with E-state index in [1.807, 2.05) is 0 Å². The zero-order chi connectivity index (χ0) is 12.5. The fourth-order valence-corrected chi connectivity index (χ4v) is 1.30. The van der Waals surface area contributed by atoms with Crippen molar-refractivity contribution in [2.45, 2.75) is 32.6 Å². The molecule has 0 amide bonds. The van der Waals surface area contributed by atoms with Crippen molar-refractivity contribution in [2.24, 2.45) is 0 Å². The Morgan fingerprint density at radius 3 is 2.47 bits per heavy atom. The summed E-state index contributed by atoms with van der Waals surface area (Å²) in [4.78, 5) is 12.1. The molecule has 0 spiro atoms. The van der Waals surface area contributed by atoms with Crippen LogP contribution in [0.2, 0.25) is 0 Å². The minimum atomic E-state index is 0.257. The predicted octanol–water partition coefficient (Wildman–Crippen LogP) is 1.88. The van der Waals surface area contributed by atoms with E-state index < -0.39 is 0 Å². The number of methoxy groups -OCH3 is 1. The number of rotatable bonds is 8. The fraction of sp³-hybridized carbons (Fsp3) is 0.727. The molecule has 96 valence electrons. The van der Waals surface area contributed by atoms with E-state index in [9.17, 15) is 0 Å². The summed E-state index contributed by atoms with van der Waals surface area (Å²) in [6, 6.07) is 0.561. The van der Waals surface area contributed by atoms with E-state index in [-0.39, 0.29) is 6.01 Å². The quantitative estimate of drug-likeness (QED) is 0.700. The van der Waals surface area contributed by atoms with Gasteiger partial charge in [-0.05, 0) is 6.42 Å². The lowest BCUT2D eigenvalue weighted by Crippen LogP contribution is -2.06. The molecule has 0 bridgehead atoms. The molecule has 17 heavy (non-hydrogen) atoms. The van der Waals surface area contributed by atoms with Crippen LogP contribution < -0.4 is 14.8 Å². The summed E-state index contributed by atoms with van der Waals surface area (Å²) in [5.74, 6) is 0.445. The molecule has 0 aliphatic heterocycles. The van der Waals surface area contributed by atoms with Crippen LogP contribution in [0.25, 0.3) is 0 Å². The molecule has 0 radical (unpaired) electrons. The zero-order valence-electron chi connectivity index (χ0n) is 10.7. The van der Waals surface area contributed by atoms with Gasteiger partial charge in [0.25, 0.3) is 0 Å². The average Bonchev–Trinajstić information content (AvgIpc) is 2.38. The third-order valence-electron chi connectivity index (χ3n) is 2.23. The minimum Gasteiger partial charge on any atom is -0.467 e. The molecule has 0 saturated heterocycles. The summed E-state index contributed by atoms with van der Waals surface area (Å²) in [6.45, 7) is 2.80. The van der Waals surface area contributed by atoms with Crippen LogP contribution in [-0.2, 0) is 0 Å². The minimum absolute atomic E-state index is 0.257. The molecule has 0 aliphatic carbocycles. The lowest BCUT2D eigenvalue weighted by atomic mass is 10.2. The highest BCUT2D eigenvalue weighted by atomic mass is 16.5. The van der Waals surface area contributed by atoms with E-state index in [2.05, 4.69) is 27.2 Å². The van der Waals surface area contributed by atoms with E-state index >= 15 is 0 Å². The van der Waals surface area contributed by atoms with Gasteiger partial charge in [-0.2, -0.15) is 9.97 Å². The van der Waals surface area contributed by atoms with E-state index in [0.29, 0.717) is 18.6 Å². The third kappa shape index (κ3) is 4.84. The van der Waals surface area contributed by atoms with Gasteiger partial charge in [-0.3, -0.25) is 0 Å². The number of hydrogen-bond donors (Lipinski definition) is 1. The molecule has 1 heterocycles. The van der Waals surface area contributed by atoms with Crippen molar-refractivity contribution in [2.75, 3.05) is 26.1 Å². The first-order chi connectivity index (χ1) is 8.30. The van der Waals surface area contributed by atoms with Gasteiger partial charge in [0.15, 0.2) is 0 Å². The van der Waals surface area contributed by atoms with Crippen LogP contribution in [0.3, 0.4) is 0 Å². The van der Waals surface area contributed by atoms with Gasteiger partial charge in [0.05, 0.1) is 13.7 Å². The van der Waals surface area contributed by atoms with Gasteiger partial charge in [0.2, 0.25) is 5.95 Å². The Kier molecular flexibility index (Phi) is 6.06.